The number of benzene rings is 3. The Labute approximate surface area is 231 Å². The van der Waals surface area contributed by atoms with Crippen LogP contribution in [0, 0.1) is 0 Å². The highest BCUT2D eigenvalue weighted by atomic mass is 32.2. The Morgan fingerprint density at radius 1 is 0.949 bits per heavy atom. The number of carbonyl (C=O) groups excluding carboxylic acids is 2. The van der Waals surface area contributed by atoms with E-state index in [1.165, 1.54) is 11.6 Å². The summed E-state index contributed by atoms with van der Waals surface area (Å²) >= 11 is 1.05. The molecule has 1 aliphatic rings. The third-order valence-electron chi connectivity index (χ3n) is 6.06. The number of ether oxygens (including phenoxy) is 1. The Hall–Kier alpha value is -3.73. The second kappa shape index (κ2) is 12.9. The predicted molar refractivity (Wildman–Crippen MR) is 152 cm³/mol. The number of rotatable bonds is 8. The van der Waals surface area contributed by atoms with Gasteiger partial charge in [0.1, 0.15) is 10.6 Å². The number of nitrogens with zero attached hydrogens (tertiary/aromatic N) is 1. The molecule has 1 saturated heterocycles. The molecule has 5 rings (SSSR count). The zero-order chi connectivity index (χ0) is 27.8. The van der Waals surface area contributed by atoms with Gasteiger partial charge in [-0.25, -0.2) is 0 Å². The summed E-state index contributed by atoms with van der Waals surface area (Å²) in [4.78, 5) is 27.1. The summed E-state index contributed by atoms with van der Waals surface area (Å²) in [5, 5.41) is 3.03. The van der Waals surface area contributed by atoms with Crippen LogP contribution in [0.4, 0.5) is 4.79 Å². The molecule has 0 radical (unpaired) electrons. The molecule has 1 aromatic heterocycles. The van der Waals surface area contributed by atoms with Crippen LogP contribution in [0.2, 0.25) is 0 Å². The van der Waals surface area contributed by atoms with Crippen molar-refractivity contribution in [3.63, 3.8) is 0 Å². The van der Waals surface area contributed by atoms with Gasteiger partial charge in [-0.1, -0.05) is 73.3 Å². The zero-order valence-electron chi connectivity index (χ0n) is 21.2. The van der Waals surface area contributed by atoms with E-state index < -0.39 is 10.1 Å². The summed E-state index contributed by atoms with van der Waals surface area (Å²) in [6, 6.07) is 23.6. The molecule has 4 aromatic rings. The highest BCUT2D eigenvalue weighted by molar-refractivity contribution is 8.15. The second-order valence-corrected chi connectivity index (χ2v) is 11.4. The largest absolute Gasteiger partial charge is 0.493 e. The van der Waals surface area contributed by atoms with Crippen LogP contribution in [0.1, 0.15) is 23.7 Å². The molecule has 2 amide bonds. The molecule has 10 heteroatoms. The molecule has 2 N–H and O–H groups in total. The zero-order valence-corrected chi connectivity index (χ0v) is 22.9. The number of thioether (sulfide) groups is 1. The monoisotopic (exact) mass is 564 g/mol. The minimum atomic E-state index is -4.13. The van der Waals surface area contributed by atoms with Crippen molar-refractivity contribution < 1.29 is 27.3 Å². The van der Waals surface area contributed by atoms with E-state index in [0.717, 1.165) is 47.0 Å². The molecular weight excluding hydrogens is 536 g/mol. The molecule has 2 heterocycles. The fraction of sp³-hybridized carbons (Fsp3) is 0.207. The van der Waals surface area contributed by atoms with Crippen molar-refractivity contribution in [2.45, 2.75) is 36.3 Å². The Bertz CT molecular complexity index is 1550. The van der Waals surface area contributed by atoms with Gasteiger partial charge in [-0.3, -0.25) is 24.4 Å². The van der Waals surface area contributed by atoms with Crippen molar-refractivity contribution in [2.24, 2.45) is 0 Å². The number of imide groups is 1. The Balaban J connectivity index is 0.000000212. The quantitative estimate of drug-likeness (QED) is 0.278. The average molecular weight is 565 g/mol. The Morgan fingerprint density at radius 2 is 1.67 bits per heavy atom. The van der Waals surface area contributed by atoms with Gasteiger partial charge >= 0.3 is 0 Å². The van der Waals surface area contributed by atoms with Gasteiger partial charge in [0.15, 0.2) is 0 Å². The number of aromatic nitrogens is 1. The van der Waals surface area contributed by atoms with Crippen LogP contribution in [0.3, 0.4) is 0 Å². The molecule has 8 nitrogen and oxygen atoms in total. The smallest absolute Gasteiger partial charge is 0.295 e. The van der Waals surface area contributed by atoms with E-state index in [1.807, 2.05) is 42.6 Å². The first-order valence-corrected chi connectivity index (χ1v) is 14.7. The minimum Gasteiger partial charge on any atom is -0.493 e. The fourth-order valence-electron chi connectivity index (χ4n) is 3.97. The van der Waals surface area contributed by atoms with Crippen LogP contribution >= 0.6 is 11.8 Å². The molecule has 3 aromatic carbocycles. The molecule has 0 bridgehead atoms. The van der Waals surface area contributed by atoms with Crippen molar-refractivity contribution in [3.8, 4) is 5.75 Å². The molecular formula is C29H28N2O6S2. The van der Waals surface area contributed by atoms with E-state index in [1.54, 1.807) is 30.3 Å². The third-order valence-corrected chi connectivity index (χ3v) is 7.95. The summed E-state index contributed by atoms with van der Waals surface area (Å²) in [6.07, 6.45) is 4.19. The molecule has 1 fully saturated rings. The van der Waals surface area contributed by atoms with E-state index in [0.29, 0.717) is 18.4 Å². The van der Waals surface area contributed by atoms with Crippen molar-refractivity contribution in [3.05, 3.63) is 102 Å². The fourth-order valence-corrected chi connectivity index (χ4v) is 5.54. The van der Waals surface area contributed by atoms with Gasteiger partial charge < -0.3 is 4.74 Å². The summed E-state index contributed by atoms with van der Waals surface area (Å²) in [7, 11) is -4.13. The Kier molecular flexibility index (Phi) is 9.34. The number of aryl methyl sites for hydroxylation is 1. The summed E-state index contributed by atoms with van der Waals surface area (Å²) in [5.74, 6) is 0.574. The highest BCUT2D eigenvalue weighted by Gasteiger charge is 2.31. The number of nitrogens with one attached hydrogen (secondary N) is 1. The van der Waals surface area contributed by atoms with Crippen molar-refractivity contribution in [1.29, 1.82) is 0 Å². The number of carbonyl (C=O) groups is 2. The van der Waals surface area contributed by atoms with Gasteiger partial charge in [-0.15, -0.1) is 0 Å². The van der Waals surface area contributed by atoms with Gasteiger partial charge in [-0.2, -0.15) is 8.42 Å². The summed E-state index contributed by atoms with van der Waals surface area (Å²) in [6.45, 7) is 2.67. The lowest BCUT2D eigenvalue weighted by atomic mass is 10.1. The molecule has 0 aliphatic carbocycles. The van der Waals surface area contributed by atoms with Crippen LogP contribution < -0.4 is 10.1 Å². The van der Waals surface area contributed by atoms with E-state index in [-0.39, 0.29) is 21.3 Å². The lowest BCUT2D eigenvalue weighted by molar-refractivity contribution is -0.118. The second-order valence-electron chi connectivity index (χ2n) is 8.79. The van der Waals surface area contributed by atoms with Crippen LogP contribution in [-0.4, -0.2) is 41.0 Å². The minimum absolute atomic E-state index is 0.0457. The van der Waals surface area contributed by atoms with Crippen LogP contribution in [0.15, 0.2) is 90.0 Å². The molecule has 202 valence electrons. The van der Waals surface area contributed by atoms with E-state index in [2.05, 4.69) is 23.3 Å². The lowest BCUT2D eigenvalue weighted by Crippen LogP contribution is -2.25. The van der Waals surface area contributed by atoms with Crippen molar-refractivity contribution in [2.75, 3.05) is 6.61 Å². The highest BCUT2D eigenvalue weighted by Crippen LogP contribution is 2.24. The van der Waals surface area contributed by atoms with Crippen molar-refractivity contribution in [1.82, 2.24) is 10.3 Å². The van der Waals surface area contributed by atoms with Crippen LogP contribution in [-0.2, 0) is 34.2 Å². The maximum Gasteiger partial charge on any atom is 0.295 e. The van der Waals surface area contributed by atoms with Crippen LogP contribution in [0.25, 0.3) is 10.8 Å². The number of hydrogen-bond donors (Lipinski definition) is 2. The first kappa shape index (κ1) is 28.3. The van der Waals surface area contributed by atoms with E-state index in [4.69, 9.17) is 9.29 Å². The number of pyridine rings is 1. The standard InChI is InChI=1S/C19H20N2O3S.C10H8O3S/c1-2-13-3-6-15(20-12-13)9-10-24-16-7-4-14(5-8-16)11-17-18(22)21-19(23)25-17;11-14(12,13)10-7-3-5-8-4-1-2-6-9(8)10/h3-8,12,17H,2,9-11H2,1H3,(H,21,22,23);1-7H,(H,11,12,13). The number of hydrogen-bond acceptors (Lipinski definition) is 7. The lowest BCUT2D eigenvalue weighted by Gasteiger charge is -2.09. The first-order valence-electron chi connectivity index (χ1n) is 12.3. The normalized spacial score (nSPS) is 15.0. The Morgan fingerprint density at radius 3 is 2.31 bits per heavy atom. The van der Waals surface area contributed by atoms with E-state index >= 15 is 0 Å². The number of amides is 2. The van der Waals surface area contributed by atoms with E-state index in [9.17, 15) is 18.0 Å². The molecule has 1 unspecified atom stereocenters. The van der Waals surface area contributed by atoms with Gasteiger partial charge in [0.05, 0.1) is 11.9 Å². The summed E-state index contributed by atoms with van der Waals surface area (Å²) in [5.41, 5.74) is 3.25. The molecule has 1 aliphatic heterocycles. The number of fused-ring (bicyclic) bond motifs is 1. The predicted octanol–water partition coefficient (Wildman–Crippen LogP) is 5.25. The van der Waals surface area contributed by atoms with Crippen LogP contribution in [0.5, 0.6) is 5.75 Å². The first-order chi connectivity index (χ1) is 18.7. The van der Waals surface area contributed by atoms with Crippen molar-refractivity contribution >= 4 is 43.8 Å². The molecule has 0 spiro atoms. The maximum atomic E-state index is 11.6. The SMILES string of the molecule is CCc1ccc(CCOc2ccc(CC3SC(=O)NC3=O)cc2)nc1.O=S(=O)(O)c1cccc2ccccc12. The maximum absolute atomic E-state index is 11.6. The molecule has 1 atom stereocenters. The van der Waals surface area contributed by atoms with Gasteiger partial charge in [0, 0.05) is 23.7 Å². The van der Waals surface area contributed by atoms with Gasteiger partial charge in [0.2, 0.25) is 5.91 Å². The van der Waals surface area contributed by atoms with Gasteiger partial charge in [0.25, 0.3) is 15.4 Å². The molecule has 39 heavy (non-hydrogen) atoms. The van der Waals surface area contributed by atoms with Gasteiger partial charge in [-0.05, 0) is 53.6 Å². The topological polar surface area (TPSA) is 123 Å². The summed E-state index contributed by atoms with van der Waals surface area (Å²) < 4.78 is 36.7. The molecule has 0 saturated carbocycles. The third kappa shape index (κ3) is 7.89. The average Bonchev–Trinajstić information content (AvgIpc) is 3.25.